The summed E-state index contributed by atoms with van der Waals surface area (Å²) in [6.45, 7) is 2.19. The lowest BCUT2D eigenvalue weighted by molar-refractivity contribution is 0.339. The highest BCUT2D eigenvalue weighted by Crippen LogP contribution is 2.38. The number of rotatable bonds is 4. The molecule has 1 atom stereocenters. The molecule has 2 heterocycles. The molecule has 3 N–H and O–H groups in total. The number of fused-ring (bicyclic) bond motifs is 1. The molecule has 28 heavy (non-hydrogen) atoms. The van der Waals surface area contributed by atoms with Crippen LogP contribution < -0.4 is 25.4 Å². The summed E-state index contributed by atoms with van der Waals surface area (Å²) in [6.07, 6.45) is 0. The first-order valence-electron chi connectivity index (χ1n) is 9.04. The summed E-state index contributed by atoms with van der Waals surface area (Å²) in [7, 11) is 2.83. The Labute approximate surface area is 162 Å². The number of ether oxygens (including phenoxy) is 2. The summed E-state index contributed by atoms with van der Waals surface area (Å²) in [5.74, 6) is 0.231. The van der Waals surface area contributed by atoms with Gasteiger partial charge in [-0.25, -0.2) is 9.37 Å². The first kappa shape index (κ1) is 18.2. The molecule has 0 spiro atoms. The molecule has 3 aromatic rings. The van der Waals surface area contributed by atoms with Crippen molar-refractivity contribution in [1.82, 2.24) is 15.3 Å². The van der Waals surface area contributed by atoms with Crippen LogP contribution in [0.4, 0.5) is 16.2 Å². The largest absolute Gasteiger partial charge is 0.493 e. The average molecular weight is 383 g/mol. The van der Waals surface area contributed by atoms with Crippen molar-refractivity contribution in [2.45, 2.75) is 6.04 Å². The molecule has 1 aliphatic heterocycles. The van der Waals surface area contributed by atoms with E-state index in [0.29, 0.717) is 17.9 Å². The molecule has 1 unspecified atom stereocenters. The molecule has 0 radical (unpaired) electrons. The smallest absolute Gasteiger partial charge is 0.228 e. The molecule has 7 nitrogen and oxygen atoms in total. The zero-order chi connectivity index (χ0) is 19.7. The maximum absolute atomic E-state index is 15.1. The summed E-state index contributed by atoms with van der Waals surface area (Å²) in [6, 6.07) is 11.7. The van der Waals surface area contributed by atoms with Crippen LogP contribution in [0.5, 0.6) is 11.5 Å². The van der Waals surface area contributed by atoms with Crippen LogP contribution in [0.15, 0.2) is 36.4 Å². The molecule has 1 fully saturated rings. The Kier molecular flexibility index (Phi) is 4.87. The highest BCUT2D eigenvalue weighted by molar-refractivity contribution is 5.92. The fraction of sp³-hybridized carbons (Fsp3) is 0.300. The number of benzene rings is 2. The van der Waals surface area contributed by atoms with Crippen LogP contribution in [-0.4, -0.2) is 43.8 Å². The number of nitrogens with zero attached hydrogens (tertiary/aromatic N) is 3. The zero-order valence-corrected chi connectivity index (χ0v) is 15.8. The zero-order valence-electron chi connectivity index (χ0n) is 15.8. The van der Waals surface area contributed by atoms with Gasteiger partial charge in [-0.3, -0.25) is 0 Å². The van der Waals surface area contributed by atoms with Crippen molar-refractivity contribution in [3.05, 3.63) is 47.8 Å². The van der Waals surface area contributed by atoms with Crippen molar-refractivity contribution in [3.63, 3.8) is 0 Å². The van der Waals surface area contributed by atoms with E-state index in [0.717, 1.165) is 18.7 Å². The Morgan fingerprint density at radius 1 is 1.18 bits per heavy atom. The van der Waals surface area contributed by atoms with E-state index in [-0.39, 0.29) is 28.9 Å². The molecule has 1 saturated heterocycles. The van der Waals surface area contributed by atoms with Gasteiger partial charge in [0.25, 0.3) is 0 Å². The van der Waals surface area contributed by atoms with E-state index in [1.165, 1.54) is 14.2 Å². The number of nitrogen functional groups attached to an aromatic ring is 1. The van der Waals surface area contributed by atoms with Crippen molar-refractivity contribution in [2.75, 3.05) is 44.5 Å². The van der Waals surface area contributed by atoms with Crippen LogP contribution >= 0.6 is 0 Å². The van der Waals surface area contributed by atoms with Crippen LogP contribution in [-0.2, 0) is 0 Å². The van der Waals surface area contributed by atoms with Crippen molar-refractivity contribution in [2.24, 2.45) is 0 Å². The molecular formula is C20H22FN5O2. The number of piperazine rings is 1. The van der Waals surface area contributed by atoms with E-state index < -0.39 is 5.82 Å². The van der Waals surface area contributed by atoms with Gasteiger partial charge in [0.05, 0.1) is 20.3 Å². The van der Waals surface area contributed by atoms with Crippen LogP contribution in [0.1, 0.15) is 11.6 Å². The third-order valence-corrected chi connectivity index (χ3v) is 4.98. The fourth-order valence-corrected chi connectivity index (χ4v) is 3.58. The maximum Gasteiger partial charge on any atom is 0.228 e. The van der Waals surface area contributed by atoms with Gasteiger partial charge in [-0.1, -0.05) is 30.3 Å². The molecule has 0 saturated carbocycles. The minimum atomic E-state index is -0.612. The fourth-order valence-electron chi connectivity index (χ4n) is 3.58. The molecule has 0 aliphatic carbocycles. The minimum Gasteiger partial charge on any atom is -0.493 e. The normalized spacial score (nSPS) is 17.0. The van der Waals surface area contributed by atoms with E-state index in [1.54, 1.807) is 6.07 Å². The second-order valence-corrected chi connectivity index (χ2v) is 6.56. The van der Waals surface area contributed by atoms with Gasteiger partial charge in [-0.05, 0) is 11.6 Å². The van der Waals surface area contributed by atoms with Gasteiger partial charge in [0.15, 0.2) is 17.3 Å². The number of nitrogens with two attached hydrogens (primary N) is 1. The van der Waals surface area contributed by atoms with E-state index in [4.69, 9.17) is 15.2 Å². The Hall–Kier alpha value is -3.13. The summed E-state index contributed by atoms with van der Waals surface area (Å²) in [5.41, 5.74) is 7.42. The lowest BCUT2D eigenvalue weighted by atomic mass is 10.0. The highest BCUT2D eigenvalue weighted by atomic mass is 19.1. The molecule has 1 aliphatic rings. The second kappa shape index (κ2) is 7.47. The summed E-state index contributed by atoms with van der Waals surface area (Å²) in [4.78, 5) is 11.0. The second-order valence-electron chi connectivity index (χ2n) is 6.56. The van der Waals surface area contributed by atoms with Gasteiger partial charge in [-0.15, -0.1) is 0 Å². The van der Waals surface area contributed by atoms with Crippen LogP contribution in [0, 0.1) is 5.82 Å². The van der Waals surface area contributed by atoms with Crippen LogP contribution in [0.3, 0.4) is 0 Å². The Balaban J connectivity index is 1.85. The number of methoxy groups -OCH3 is 2. The molecule has 8 heteroatoms. The number of hydrogen-bond acceptors (Lipinski definition) is 7. The van der Waals surface area contributed by atoms with E-state index in [2.05, 4.69) is 32.3 Å². The summed E-state index contributed by atoms with van der Waals surface area (Å²) >= 11 is 0. The van der Waals surface area contributed by atoms with Crippen molar-refractivity contribution >= 4 is 22.7 Å². The predicted octanol–water partition coefficient (Wildman–Crippen LogP) is 2.52. The van der Waals surface area contributed by atoms with E-state index >= 15 is 4.39 Å². The Morgan fingerprint density at radius 2 is 1.96 bits per heavy atom. The third-order valence-electron chi connectivity index (χ3n) is 4.98. The van der Waals surface area contributed by atoms with Crippen molar-refractivity contribution < 1.29 is 13.9 Å². The van der Waals surface area contributed by atoms with Crippen LogP contribution in [0.2, 0.25) is 0 Å². The minimum absolute atomic E-state index is 0.000954. The first-order chi connectivity index (χ1) is 13.6. The van der Waals surface area contributed by atoms with Gasteiger partial charge >= 0.3 is 0 Å². The summed E-state index contributed by atoms with van der Waals surface area (Å²) < 4.78 is 25.5. The van der Waals surface area contributed by atoms with Crippen LogP contribution in [0.25, 0.3) is 10.9 Å². The SMILES string of the molecule is COc1cc2c(N)nc(N3CCNCC3c3ccccc3)nc2c(F)c1OC. The Bertz CT molecular complexity index is 999. The van der Waals surface area contributed by atoms with E-state index in [1.807, 2.05) is 18.2 Å². The lowest BCUT2D eigenvalue weighted by Crippen LogP contribution is -2.46. The van der Waals surface area contributed by atoms with E-state index in [9.17, 15) is 0 Å². The lowest BCUT2D eigenvalue weighted by Gasteiger charge is -2.36. The maximum atomic E-state index is 15.1. The molecule has 1 aromatic heterocycles. The van der Waals surface area contributed by atoms with Gasteiger partial charge in [0.2, 0.25) is 5.95 Å². The standard InChI is InChI=1S/C20H22FN5O2/c1-27-15-10-13-17(16(21)18(15)28-2)24-20(25-19(13)22)26-9-8-23-11-14(26)12-6-4-3-5-7-12/h3-7,10,14,23H,8-9,11H2,1-2H3,(H2,22,24,25). The first-order valence-corrected chi connectivity index (χ1v) is 9.04. The average Bonchev–Trinajstić information content (AvgIpc) is 2.74. The van der Waals surface area contributed by atoms with Gasteiger partial charge < -0.3 is 25.4 Å². The van der Waals surface area contributed by atoms with Gasteiger partial charge in [-0.2, -0.15) is 4.98 Å². The monoisotopic (exact) mass is 383 g/mol. The molecular weight excluding hydrogens is 361 g/mol. The predicted molar refractivity (Wildman–Crippen MR) is 106 cm³/mol. The number of anilines is 2. The summed E-state index contributed by atoms with van der Waals surface area (Å²) in [5, 5.41) is 3.78. The van der Waals surface area contributed by atoms with Crippen molar-refractivity contribution in [3.8, 4) is 11.5 Å². The molecule has 0 bridgehead atoms. The molecule has 2 aromatic carbocycles. The number of halogens is 1. The molecule has 146 valence electrons. The van der Waals surface area contributed by atoms with Gasteiger partial charge in [0, 0.05) is 25.0 Å². The highest BCUT2D eigenvalue weighted by Gasteiger charge is 2.28. The quantitative estimate of drug-likeness (QED) is 0.716. The Morgan fingerprint density at radius 3 is 2.68 bits per heavy atom. The molecule has 4 rings (SSSR count). The van der Waals surface area contributed by atoms with Gasteiger partial charge in [0.1, 0.15) is 11.3 Å². The molecule has 0 amide bonds. The third kappa shape index (κ3) is 3.05. The number of nitrogens with one attached hydrogen (secondary N) is 1. The topological polar surface area (TPSA) is 85.5 Å². The number of aromatic nitrogens is 2. The number of hydrogen-bond donors (Lipinski definition) is 2. The van der Waals surface area contributed by atoms with Crippen molar-refractivity contribution in [1.29, 1.82) is 0 Å².